The third kappa shape index (κ3) is 4.68. The topological polar surface area (TPSA) is 108 Å². The van der Waals surface area contributed by atoms with Gasteiger partial charge >= 0.3 is 5.97 Å². The minimum atomic E-state index is -0.571. The number of hydrogen-bond donors (Lipinski definition) is 1. The number of rotatable bonds is 6. The first-order chi connectivity index (χ1) is 11.5. The van der Waals surface area contributed by atoms with E-state index in [-0.39, 0.29) is 29.0 Å². The Morgan fingerprint density at radius 3 is 2.62 bits per heavy atom. The van der Waals surface area contributed by atoms with Crippen molar-refractivity contribution >= 4 is 23.3 Å². The molecule has 8 heteroatoms. The molecule has 1 aromatic rings. The van der Waals surface area contributed by atoms with Crippen LogP contribution in [0.3, 0.4) is 0 Å². The molecular formula is C16H20N2O6. The standard InChI is InChI=1S/C16H20N2O6/c1-23-14-8-7-12(18(21)22)9-13(14)17-15(19)10-24-16(20)11-5-3-2-4-6-11/h7-9,11H,2-6,10H2,1H3,(H,17,19). The van der Waals surface area contributed by atoms with Crippen LogP contribution in [0.4, 0.5) is 11.4 Å². The van der Waals surface area contributed by atoms with E-state index in [1.807, 2.05) is 0 Å². The van der Waals surface area contributed by atoms with Crippen molar-refractivity contribution < 1.29 is 24.0 Å². The molecule has 0 bridgehead atoms. The Hall–Kier alpha value is -2.64. The zero-order chi connectivity index (χ0) is 17.5. The maximum Gasteiger partial charge on any atom is 0.309 e. The van der Waals surface area contributed by atoms with Crippen LogP contribution in [-0.4, -0.2) is 30.5 Å². The number of amides is 1. The second-order valence-corrected chi connectivity index (χ2v) is 5.63. The van der Waals surface area contributed by atoms with Crippen molar-refractivity contribution in [3.8, 4) is 5.75 Å². The highest BCUT2D eigenvalue weighted by Gasteiger charge is 2.23. The van der Waals surface area contributed by atoms with E-state index in [4.69, 9.17) is 9.47 Å². The molecule has 0 aliphatic heterocycles. The van der Waals surface area contributed by atoms with Crippen molar-refractivity contribution in [3.05, 3.63) is 28.3 Å². The Balaban J connectivity index is 1.92. The van der Waals surface area contributed by atoms with Gasteiger partial charge in [0.25, 0.3) is 11.6 Å². The Morgan fingerprint density at radius 1 is 1.29 bits per heavy atom. The lowest BCUT2D eigenvalue weighted by Crippen LogP contribution is -2.26. The summed E-state index contributed by atoms with van der Waals surface area (Å²) in [6.45, 7) is -0.429. The van der Waals surface area contributed by atoms with Crippen molar-refractivity contribution in [3.63, 3.8) is 0 Å². The highest BCUT2D eigenvalue weighted by atomic mass is 16.6. The summed E-state index contributed by atoms with van der Waals surface area (Å²) in [4.78, 5) is 34.1. The van der Waals surface area contributed by atoms with Crippen molar-refractivity contribution in [2.75, 3.05) is 19.0 Å². The molecule has 2 rings (SSSR count). The molecule has 8 nitrogen and oxygen atoms in total. The van der Waals surface area contributed by atoms with Crippen LogP contribution < -0.4 is 10.1 Å². The van der Waals surface area contributed by atoms with Crippen molar-refractivity contribution in [2.45, 2.75) is 32.1 Å². The Labute approximate surface area is 139 Å². The van der Waals surface area contributed by atoms with Crippen molar-refractivity contribution in [1.29, 1.82) is 0 Å². The number of ether oxygens (including phenoxy) is 2. The molecule has 130 valence electrons. The minimum Gasteiger partial charge on any atom is -0.495 e. The van der Waals surface area contributed by atoms with Crippen LogP contribution in [0.1, 0.15) is 32.1 Å². The number of methoxy groups -OCH3 is 1. The lowest BCUT2D eigenvalue weighted by molar-refractivity contribution is -0.384. The molecule has 0 radical (unpaired) electrons. The van der Waals surface area contributed by atoms with Crippen LogP contribution in [0.2, 0.25) is 0 Å². The molecule has 0 atom stereocenters. The Kier molecular flexibility index (Phi) is 6.11. The third-order valence-electron chi connectivity index (χ3n) is 3.95. The molecule has 0 aromatic heterocycles. The van der Waals surface area contributed by atoms with E-state index < -0.39 is 17.4 Å². The van der Waals surface area contributed by atoms with Gasteiger partial charge in [-0.15, -0.1) is 0 Å². The molecule has 1 saturated carbocycles. The maximum absolute atomic E-state index is 11.9. The van der Waals surface area contributed by atoms with Gasteiger partial charge in [0.2, 0.25) is 0 Å². The van der Waals surface area contributed by atoms with Gasteiger partial charge in [-0.3, -0.25) is 19.7 Å². The average molecular weight is 336 g/mol. The summed E-state index contributed by atoms with van der Waals surface area (Å²) in [5.74, 6) is -0.791. The highest BCUT2D eigenvalue weighted by molar-refractivity contribution is 5.94. The molecule has 24 heavy (non-hydrogen) atoms. The first kappa shape index (κ1) is 17.7. The van der Waals surface area contributed by atoms with Crippen LogP contribution in [0.5, 0.6) is 5.75 Å². The highest BCUT2D eigenvalue weighted by Crippen LogP contribution is 2.29. The molecule has 0 heterocycles. The molecule has 1 amide bonds. The fraction of sp³-hybridized carbons (Fsp3) is 0.500. The van der Waals surface area contributed by atoms with Crippen LogP contribution >= 0.6 is 0 Å². The zero-order valence-corrected chi connectivity index (χ0v) is 13.4. The summed E-state index contributed by atoms with van der Waals surface area (Å²) in [5, 5.41) is 13.3. The first-order valence-corrected chi connectivity index (χ1v) is 7.80. The molecule has 0 saturated heterocycles. The molecule has 0 spiro atoms. The summed E-state index contributed by atoms with van der Waals surface area (Å²) in [6, 6.07) is 3.86. The molecule has 1 aliphatic carbocycles. The van der Waals surface area contributed by atoms with Crippen LogP contribution in [0.25, 0.3) is 0 Å². The molecule has 1 fully saturated rings. The predicted molar refractivity (Wildman–Crippen MR) is 85.8 cm³/mol. The van der Waals surface area contributed by atoms with Gasteiger partial charge in [-0.1, -0.05) is 19.3 Å². The molecule has 0 unspecified atom stereocenters. The van der Waals surface area contributed by atoms with Gasteiger partial charge in [-0.25, -0.2) is 0 Å². The van der Waals surface area contributed by atoms with Gasteiger partial charge in [-0.2, -0.15) is 0 Å². The number of esters is 1. The van der Waals surface area contributed by atoms with Crippen LogP contribution in [-0.2, 0) is 14.3 Å². The molecule has 1 aliphatic rings. The van der Waals surface area contributed by atoms with E-state index in [0.29, 0.717) is 0 Å². The number of nitrogens with one attached hydrogen (secondary N) is 1. The fourth-order valence-corrected chi connectivity index (χ4v) is 2.69. The third-order valence-corrected chi connectivity index (χ3v) is 3.95. The summed E-state index contributed by atoms with van der Waals surface area (Å²) in [6.07, 6.45) is 4.70. The predicted octanol–water partition coefficient (Wildman–Crippen LogP) is 2.67. The summed E-state index contributed by atoms with van der Waals surface area (Å²) < 4.78 is 10.1. The lowest BCUT2D eigenvalue weighted by Gasteiger charge is -2.19. The molecule has 1 aromatic carbocycles. The minimum absolute atomic E-state index is 0.140. The van der Waals surface area contributed by atoms with Gasteiger partial charge < -0.3 is 14.8 Å². The normalized spacial score (nSPS) is 14.7. The van der Waals surface area contributed by atoms with Crippen molar-refractivity contribution in [2.24, 2.45) is 5.92 Å². The largest absolute Gasteiger partial charge is 0.495 e. The number of non-ortho nitro benzene ring substituents is 1. The zero-order valence-electron chi connectivity index (χ0n) is 13.4. The van der Waals surface area contributed by atoms with E-state index in [0.717, 1.165) is 32.1 Å². The monoisotopic (exact) mass is 336 g/mol. The lowest BCUT2D eigenvalue weighted by atomic mass is 9.89. The summed E-state index contributed by atoms with van der Waals surface area (Å²) in [7, 11) is 1.39. The molecule has 1 N–H and O–H groups in total. The number of hydrogen-bond acceptors (Lipinski definition) is 6. The summed E-state index contributed by atoms with van der Waals surface area (Å²) in [5.41, 5.74) is -0.0179. The van der Waals surface area contributed by atoms with Gasteiger partial charge in [-0.05, 0) is 18.9 Å². The number of carbonyl (C=O) groups is 2. The van der Waals surface area contributed by atoms with E-state index in [9.17, 15) is 19.7 Å². The number of anilines is 1. The number of nitro groups is 1. The van der Waals surface area contributed by atoms with Gasteiger partial charge in [0.1, 0.15) is 5.75 Å². The van der Waals surface area contributed by atoms with E-state index >= 15 is 0 Å². The number of carbonyl (C=O) groups excluding carboxylic acids is 2. The fourth-order valence-electron chi connectivity index (χ4n) is 2.69. The maximum atomic E-state index is 11.9. The van der Waals surface area contributed by atoms with Gasteiger partial charge in [0.15, 0.2) is 6.61 Å². The average Bonchev–Trinajstić information content (AvgIpc) is 2.60. The second kappa shape index (κ2) is 8.28. The Bertz CT molecular complexity index is 625. The SMILES string of the molecule is COc1ccc([N+](=O)[O-])cc1NC(=O)COC(=O)C1CCCCC1. The van der Waals surface area contributed by atoms with E-state index in [2.05, 4.69) is 5.32 Å². The van der Waals surface area contributed by atoms with E-state index in [1.165, 1.54) is 25.3 Å². The summed E-state index contributed by atoms with van der Waals surface area (Å²) >= 11 is 0. The van der Waals surface area contributed by atoms with E-state index in [1.54, 1.807) is 0 Å². The van der Waals surface area contributed by atoms with Crippen molar-refractivity contribution in [1.82, 2.24) is 0 Å². The van der Waals surface area contributed by atoms with Crippen LogP contribution in [0, 0.1) is 16.0 Å². The first-order valence-electron chi connectivity index (χ1n) is 7.80. The number of benzene rings is 1. The Morgan fingerprint density at radius 2 is 2.00 bits per heavy atom. The number of nitrogens with zero attached hydrogens (tertiary/aromatic N) is 1. The van der Waals surface area contributed by atoms with Crippen LogP contribution in [0.15, 0.2) is 18.2 Å². The quantitative estimate of drug-likeness (QED) is 0.486. The van der Waals surface area contributed by atoms with Gasteiger partial charge in [0, 0.05) is 12.1 Å². The second-order valence-electron chi connectivity index (χ2n) is 5.63. The molecular weight excluding hydrogens is 316 g/mol. The smallest absolute Gasteiger partial charge is 0.309 e. The van der Waals surface area contributed by atoms with Gasteiger partial charge in [0.05, 0.1) is 23.6 Å². The number of nitro benzene ring substituents is 1.